The van der Waals surface area contributed by atoms with E-state index in [9.17, 15) is 4.79 Å². The highest BCUT2D eigenvalue weighted by Crippen LogP contribution is 2.48. The summed E-state index contributed by atoms with van der Waals surface area (Å²) < 4.78 is 4.90. The van der Waals surface area contributed by atoms with Gasteiger partial charge in [0.15, 0.2) is 0 Å². The highest BCUT2D eigenvalue weighted by molar-refractivity contribution is 5.85. The van der Waals surface area contributed by atoms with E-state index in [4.69, 9.17) is 9.84 Å². The Labute approximate surface area is 145 Å². The van der Waals surface area contributed by atoms with Gasteiger partial charge in [0.1, 0.15) is 0 Å². The molecule has 0 unspecified atom stereocenters. The van der Waals surface area contributed by atoms with Gasteiger partial charge < -0.3 is 9.84 Å². The molecule has 1 aliphatic carbocycles. The lowest BCUT2D eigenvalue weighted by Gasteiger charge is -2.43. The molecule has 0 bridgehead atoms. The van der Waals surface area contributed by atoms with Crippen LogP contribution in [0.3, 0.4) is 0 Å². The third-order valence-electron chi connectivity index (χ3n) is 5.19. The maximum atomic E-state index is 11.1. The Balaban J connectivity index is 2.59. The van der Waals surface area contributed by atoms with Crippen LogP contribution in [-0.2, 0) is 20.4 Å². The first-order valence-corrected chi connectivity index (χ1v) is 8.40. The summed E-state index contributed by atoms with van der Waals surface area (Å²) in [5.41, 5.74) is 5.30. The molecule has 130 valence electrons. The third kappa shape index (κ3) is 3.40. The lowest BCUT2D eigenvalue weighted by atomic mass is 9.61. The summed E-state index contributed by atoms with van der Waals surface area (Å²) in [4.78, 5) is 11.1. The Kier molecular flexibility index (Phi) is 4.93. The maximum Gasteiger partial charge on any atom is 0.371 e. The number of carbonyl (C=O) groups is 1. The van der Waals surface area contributed by atoms with E-state index in [2.05, 4.69) is 45.9 Å². The summed E-state index contributed by atoms with van der Waals surface area (Å²) in [7, 11) is 1.37. The highest BCUT2D eigenvalue weighted by Gasteiger charge is 2.38. The van der Waals surface area contributed by atoms with Crippen LogP contribution < -0.4 is 0 Å². The van der Waals surface area contributed by atoms with Crippen molar-refractivity contribution < 1.29 is 14.6 Å². The Morgan fingerprint density at radius 1 is 1.12 bits per heavy atom. The second-order valence-corrected chi connectivity index (χ2v) is 7.89. The molecule has 0 radical (unpaired) electrons. The van der Waals surface area contributed by atoms with E-state index in [0.717, 1.165) is 12.0 Å². The van der Waals surface area contributed by atoms with Gasteiger partial charge in [-0.3, -0.25) is 0 Å². The summed E-state index contributed by atoms with van der Waals surface area (Å²) in [6, 6.07) is 6.47. The minimum absolute atomic E-state index is 0.0567. The SMILES string of the molecule is COC(=CC=C(C)c1cccc2c1C(C)(C)CCC2(C)C)C(=O)O. The highest BCUT2D eigenvalue weighted by atomic mass is 16.5. The molecule has 0 amide bonds. The molecule has 1 N–H and O–H groups in total. The quantitative estimate of drug-likeness (QED) is 0.478. The molecule has 0 heterocycles. The van der Waals surface area contributed by atoms with Crippen molar-refractivity contribution in [2.75, 3.05) is 7.11 Å². The average molecular weight is 328 g/mol. The predicted molar refractivity (Wildman–Crippen MR) is 98.1 cm³/mol. The van der Waals surface area contributed by atoms with Gasteiger partial charge in [0.25, 0.3) is 0 Å². The van der Waals surface area contributed by atoms with Gasteiger partial charge in [0.05, 0.1) is 7.11 Å². The first-order valence-electron chi connectivity index (χ1n) is 8.40. The van der Waals surface area contributed by atoms with Gasteiger partial charge in [0, 0.05) is 0 Å². The number of benzene rings is 1. The number of carboxylic acid groups (broad SMARTS) is 1. The zero-order valence-corrected chi connectivity index (χ0v) is 15.6. The zero-order valence-electron chi connectivity index (χ0n) is 15.6. The van der Waals surface area contributed by atoms with Crippen molar-refractivity contribution in [2.45, 2.75) is 58.3 Å². The fraction of sp³-hybridized carbons (Fsp3) is 0.476. The van der Waals surface area contributed by atoms with Crippen LogP contribution in [0.2, 0.25) is 0 Å². The Bertz CT molecular complexity index is 706. The van der Waals surface area contributed by atoms with Crippen LogP contribution >= 0.6 is 0 Å². The molecule has 1 aromatic carbocycles. The van der Waals surface area contributed by atoms with Crippen molar-refractivity contribution in [3.63, 3.8) is 0 Å². The standard InChI is InChI=1S/C21H28O3/c1-14(10-11-17(24-6)19(22)23)15-8-7-9-16-18(15)21(4,5)13-12-20(16,2)3/h7-11H,12-13H2,1-6H3,(H,22,23). The molecule has 0 aromatic heterocycles. The van der Waals surface area contributed by atoms with Crippen LogP contribution in [0.25, 0.3) is 5.57 Å². The molecular formula is C21H28O3. The normalized spacial score (nSPS) is 19.6. The molecule has 1 aliphatic rings. The molecule has 1 aromatic rings. The van der Waals surface area contributed by atoms with Gasteiger partial charge in [0.2, 0.25) is 5.76 Å². The molecule has 0 atom stereocenters. The van der Waals surface area contributed by atoms with Gasteiger partial charge in [-0.05, 0) is 58.9 Å². The van der Waals surface area contributed by atoms with Crippen LogP contribution in [0.15, 0.2) is 36.1 Å². The second-order valence-electron chi connectivity index (χ2n) is 7.89. The number of hydrogen-bond donors (Lipinski definition) is 1. The third-order valence-corrected chi connectivity index (χ3v) is 5.19. The first-order chi connectivity index (χ1) is 11.1. The van der Waals surface area contributed by atoms with E-state index in [0.29, 0.717) is 0 Å². The van der Waals surface area contributed by atoms with E-state index in [1.807, 2.05) is 13.0 Å². The molecule has 0 spiro atoms. The monoisotopic (exact) mass is 328 g/mol. The van der Waals surface area contributed by atoms with Gasteiger partial charge >= 0.3 is 5.97 Å². The summed E-state index contributed by atoms with van der Waals surface area (Å²) in [6.45, 7) is 11.2. The fourth-order valence-corrected chi connectivity index (χ4v) is 3.58. The Hall–Kier alpha value is -2.03. The predicted octanol–water partition coefficient (Wildman–Crippen LogP) is 5.05. The largest absolute Gasteiger partial charge is 0.490 e. The minimum Gasteiger partial charge on any atom is -0.490 e. The van der Waals surface area contributed by atoms with E-state index in [1.165, 1.54) is 36.3 Å². The molecule has 0 fully saturated rings. The number of aliphatic carboxylic acids is 1. The second kappa shape index (κ2) is 6.46. The average Bonchev–Trinajstić information content (AvgIpc) is 2.51. The van der Waals surface area contributed by atoms with Crippen LogP contribution in [-0.4, -0.2) is 18.2 Å². The molecule has 0 saturated heterocycles. The molecule has 3 nitrogen and oxygen atoms in total. The van der Waals surface area contributed by atoms with Crippen LogP contribution in [0.1, 0.15) is 64.2 Å². The molecule has 2 rings (SSSR count). The van der Waals surface area contributed by atoms with Gasteiger partial charge in [-0.25, -0.2) is 4.79 Å². The van der Waals surface area contributed by atoms with Crippen molar-refractivity contribution in [1.29, 1.82) is 0 Å². The lowest BCUT2D eigenvalue weighted by Crippen LogP contribution is -2.34. The summed E-state index contributed by atoms with van der Waals surface area (Å²) in [5, 5.41) is 9.08. The lowest BCUT2D eigenvalue weighted by molar-refractivity contribution is -0.136. The molecule has 0 saturated carbocycles. The number of carboxylic acids is 1. The van der Waals surface area contributed by atoms with E-state index in [1.54, 1.807) is 0 Å². The Morgan fingerprint density at radius 2 is 1.75 bits per heavy atom. The van der Waals surface area contributed by atoms with Gasteiger partial charge in [-0.2, -0.15) is 0 Å². The number of rotatable bonds is 4. The first kappa shape index (κ1) is 18.3. The summed E-state index contributed by atoms with van der Waals surface area (Å²) in [6.07, 6.45) is 5.68. The van der Waals surface area contributed by atoms with Crippen molar-refractivity contribution >= 4 is 11.5 Å². The van der Waals surface area contributed by atoms with Gasteiger partial charge in [-0.1, -0.05) is 52.0 Å². The number of fused-ring (bicyclic) bond motifs is 1. The zero-order chi connectivity index (χ0) is 18.1. The smallest absolute Gasteiger partial charge is 0.371 e. The molecular weight excluding hydrogens is 300 g/mol. The maximum absolute atomic E-state index is 11.1. The molecule has 0 aliphatic heterocycles. The van der Waals surface area contributed by atoms with Crippen molar-refractivity contribution in [3.8, 4) is 0 Å². The van der Waals surface area contributed by atoms with Crippen LogP contribution in [0, 0.1) is 0 Å². The number of methoxy groups -OCH3 is 1. The van der Waals surface area contributed by atoms with Crippen molar-refractivity contribution in [3.05, 3.63) is 52.8 Å². The fourth-order valence-electron chi connectivity index (χ4n) is 3.58. The van der Waals surface area contributed by atoms with Crippen molar-refractivity contribution in [1.82, 2.24) is 0 Å². The van der Waals surface area contributed by atoms with Crippen LogP contribution in [0.4, 0.5) is 0 Å². The van der Waals surface area contributed by atoms with E-state index >= 15 is 0 Å². The summed E-state index contributed by atoms with van der Waals surface area (Å²) >= 11 is 0. The summed E-state index contributed by atoms with van der Waals surface area (Å²) in [5.74, 6) is -1.11. The van der Waals surface area contributed by atoms with E-state index < -0.39 is 5.97 Å². The number of ether oxygens (including phenoxy) is 1. The van der Waals surface area contributed by atoms with Gasteiger partial charge in [-0.15, -0.1) is 0 Å². The molecule has 3 heteroatoms. The minimum atomic E-state index is -1.06. The number of hydrogen-bond acceptors (Lipinski definition) is 2. The van der Waals surface area contributed by atoms with E-state index in [-0.39, 0.29) is 16.6 Å². The van der Waals surface area contributed by atoms with Crippen molar-refractivity contribution in [2.24, 2.45) is 0 Å². The topological polar surface area (TPSA) is 46.5 Å². The number of allylic oxidation sites excluding steroid dienone is 3. The Morgan fingerprint density at radius 3 is 2.33 bits per heavy atom. The molecule has 24 heavy (non-hydrogen) atoms. The van der Waals surface area contributed by atoms with Crippen LogP contribution in [0.5, 0.6) is 0 Å².